The molecule has 2 heterocycles. The van der Waals surface area contributed by atoms with E-state index in [9.17, 15) is 4.79 Å². The van der Waals surface area contributed by atoms with Crippen LogP contribution in [0.1, 0.15) is 18.5 Å². The molecule has 0 bridgehead atoms. The molecular weight excluding hydrogens is 304 g/mol. The van der Waals surface area contributed by atoms with Gasteiger partial charge in [0.15, 0.2) is 0 Å². The molecule has 0 N–H and O–H groups in total. The zero-order valence-electron chi connectivity index (χ0n) is 14.1. The Morgan fingerprint density at radius 2 is 2.12 bits per heavy atom. The summed E-state index contributed by atoms with van der Waals surface area (Å²) in [4.78, 5) is 14.9. The van der Waals surface area contributed by atoms with Crippen molar-refractivity contribution in [3.8, 4) is 0 Å². The summed E-state index contributed by atoms with van der Waals surface area (Å²) >= 11 is 0. The minimum absolute atomic E-state index is 0.194. The van der Waals surface area contributed by atoms with Crippen LogP contribution in [0.15, 0.2) is 43.1 Å². The van der Waals surface area contributed by atoms with Crippen LogP contribution in [0.4, 0.5) is 0 Å². The molecule has 1 unspecified atom stereocenters. The molecule has 24 heavy (non-hydrogen) atoms. The van der Waals surface area contributed by atoms with Crippen LogP contribution in [0.2, 0.25) is 0 Å². The van der Waals surface area contributed by atoms with Crippen LogP contribution in [-0.4, -0.2) is 48.3 Å². The van der Waals surface area contributed by atoms with Gasteiger partial charge >= 0.3 is 5.97 Å². The van der Waals surface area contributed by atoms with E-state index in [2.05, 4.69) is 34.4 Å². The first-order chi connectivity index (χ1) is 11.8. The molecule has 1 fully saturated rings. The molecule has 1 aromatic heterocycles. The van der Waals surface area contributed by atoms with Gasteiger partial charge in [-0.05, 0) is 13.0 Å². The first-order valence-corrected chi connectivity index (χ1v) is 8.43. The van der Waals surface area contributed by atoms with Crippen molar-refractivity contribution < 1.29 is 14.3 Å². The van der Waals surface area contributed by atoms with Crippen molar-refractivity contribution in [2.45, 2.75) is 19.5 Å². The molecule has 0 saturated carbocycles. The first kappa shape index (κ1) is 16.7. The largest absolute Gasteiger partial charge is 0.465 e. The van der Waals surface area contributed by atoms with Crippen molar-refractivity contribution in [3.63, 3.8) is 0 Å². The van der Waals surface area contributed by atoms with E-state index in [-0.39, 0.29) is 5.97 Å². The van der Waals surface area contributed by atoms with E-state index in [1.807, 2.05) is 25.1 Å². The third kappa shape index (κ3) is 3.23. The maximum absolute atomic E-state index is 12.7. The predicted octanol–water partition coefficient (Wildman–Crippen LogP) is 2.76. The number of hydrogen-bond donors (Lipinski definition) is 0. The number of allylic oxidation sites excluding steroid dienone is 1. The number of benzene rings is 1. The zero-order chi connectivity index (χ0) is 16.9. The number of morpholine rings is 1. The fraction of sp³-hybridized carbons (Fsp3) is 0.421. The van der Waals surface area contributed by atoms with Crippen molar-refractivity contribution in [1.29, 1.82) is 0 Å². The molecule has 1 atom stereocenters. The van der Waals surface area contributed by atoms with Crippen molar-refractivity contribution in [2.24, 2.45) is 0 Å². The lowest BCUT2D eigenvalue weighted by molar-refractivity contribution is -0.151. The van der Waals surface area contributed by atoms with Crippen molar-refractivity contribution in [1.82, 2.24) is 9.47 Å². The normalized spacial score (nSPS) is 16.9. The number of fused-ring (bicyclic) bond motifs is 1. The smallest absolute Gasteiger partial charge is 0.328 e. The molecule has 128 valence electrons. The van der Waals surface area contributed by atoms with Crippen LogP contribution >= 0.6 is 0 Å². The summed E-state index contributed by atoms with van der Waals surface area (Å²) in [7, 11) is 0. The Balaban J connectivity index is 2.07. The number of nitrogens with zero attached hydrogens (tertiary/aromatic N) is 2. The minimum Gasteiger partial charge on any atom is -0.465 e. The maximum Gasteiger partial charge on any atom is 0.328 e. The minimum atomic E-state index is -0.398. The number of hydrogen-bond acceptors (Lipinski definition) is 4. The van der Waals surface area contributed by atoms with Crippen molar-refractivity contribution in [3.05, 3.63) is 48.7 Å². The molecule has 5 heteroatoms. The van der Waals surface area contributed by atoms with E-state index in [1.54, 1.807) is 0 Å². The molecular formula is C19H24N2O3. The van der Waals surface area contributed by atoms with Gasteiger partial charge in [-0.3, -0.25) is 4.90 Å². The van der Waals surface area contributed by atoms with Gasteiger partial charge in [0.2, 0.25) is 0 Å². The van der Waals surface area contributed by atoms with E-state index in [4.69, 9.17) is 9.47 Å². The Morgan fingerprint density at radius 1 is 1.38 bits per heavy atom. The van der Waals surface area contributed by atoms with Crippen LogP contribution in [0.25, 0.3) is 10.9 Å². The van der Waals surface area contributed by atoms with Gasteiger partial charge in [0, 0.05) is 42.3 Å². The van der Waals surface area contributed by atoms with Gasteiger partial charge in [-0.1, -0.05) is 24.3 Å². The Bertz CT molecular complexity index is 716. The monoisotopic (exact) mass is 328 g/mol. The highest BCUT2D eigenvalue weighted by Gasteiger charge is 2.32. The lowest BCUT2D eigenvalue weighted by atomic mass is 10.0. The van der Waals surface area contributed by atoms with Crippen LogP contribution in [0.5, 0.6) is 0 Å². The maximum atomic E-state index is 12.7. The third-order valence-corrected chi connectivity index (χ3v) is 4.36. The summed E-state index contributed by atoms with van der Waals surface area (Å²) < 4.78 is 13.0. The second kappa shape index (κ2) is 7.64. The molecule has 0 spiro atoms. The summed E-state index contributed by atoms with van der Waals surface area (Å²) in [5, 5.41) is 1.09. The van der Waals surface area contributed by atoms with Gasteiger partial charge in [0.1, 0.15) is 6.04 Å². The number of ether oxygens (including phenoxy) is 2. The average molecular weight is 328 g/mol. The summed E-state index contributed by atoms with van der Waals surface area (Å²) in [6, 6.07) is 7.76. The number of carbonyl (C=O) groups is 1. The van der Waals surface area contributed by atoms with Crippen LogP contribution in [0, 0.1) is 0 Å². The Kier molecular flexibility index (Phi) is 5.33. The fourth-order valence-corrected chi connectivity index (χ4v) is 3.31. The van der Waals surface area contributed by atoms with Gasteiger partial charge in [-0.25, -0.2) is 4.79 Å². The summed E-state index contributed by atoms with van der Waals surface area (Å²) in [6.45, 7) is 9.50. The lowest BCUT2D eigenvalue weighted by Gasteiger charge is -2.32. The van der Waals surface area contributed by atoms with Crippen LogP contribution in [-0.2, 0) is 20.8 Å². The molecule has 0 radical (unpaired) electrons. The molecule has 5 nitrogen and oxygen atoms in total. The standard InChI is InChI=1S/C19H24N2O3/c1-3-9-21-14-16(15-7-5-6-8-17(15)21)18(19(22)24-4-2)20-10-12-23-13-11-20/h3,5-8,14,18H,1,4,9-13H2,2H3. The average Bonchev–Trinajstić information content (AvgIpc) is 2.96. The molecule has 1 aliphatic rings. The summed E-state index contributed by atoms with van der Waals surface area (Å²) in [5.74, 6) is -0.194. The number of carbonyl (C=O) groups excluding carboxylic acids is 1. The number of para-hydroxylation sites is 1. The highest BCUT2D eigenvalue weighted by Crippen LogP contribution is 2.31. The SMILES string of the molecule is C=CCn1cc(C(C(=O)OCC)N2CCOCC2)c2ccccc21. The molecule has 1 aromatic carbocycles. The Hall–Kier alpha value is -2.11. The highest BCUT2D eigenvalue weighted by atomic mass is 16.5. The summed E-state index contributed by atoms with van der Waals surface area (Å²) in [6.07, 6.45) is 3.92. The van der Waals surface area contributed by atoms with Crippen molar-refractivity contribution >= 4 is 16.9 Å². The topological polar surface area (TPSA) is 43.7 Å². The van der Waals surface area contributed by atoms with E-state index in [0.29, 0.717) is 26.4 Å². The fourth-order valence-electron chi connectivity index (χ4n) is 3.31. The van der Waals surface area contributed by atoms with Crippen molar-refractivity contribution in [2.75, 3.05) is 32.9 Å². The molecule has 3 rings (SSSR count). The molecule has 0 amide bonds. The predicted molar refractivity (Wildman–Crippen MR) is 93.9 cm³/mol. The van der Waals surface area contributed by atoms with Gasteiger partial charge in [-0.2, -0.15) is 0 Å². The van der Waals surface area contributed by atoms with Crippen LogP contribution in [0.3, 0.4) is 0 Å². The Labute approximate surface area is 142 Å². The van der Waals surface area contributed by atoms with Gasteiger partial charge in [0.25, 0.3) is 0 Å². The molecule has 0 aliphatic carbocycles. The first-order valence-electron chi connectivity index (χ1n) is 8.43. The van der Waals surface area contributed by atoms with E-state index >= 15 is 0 Å². The molecule has 1 aliphatic heterocycles. The third-order valence-electron chi connectivity index (χ3n) is 4.36. The van der Waals surface area contributed by atoms with Gasteiger partial charge < -0.3 is 14.0 Å². The number of esters is 1. The number of rotatable bonds is 6. The van der Waals surface area contributed by atoms with Crippen LogP contribution < -0.4 is 0 Å². The Morgan fingerprint density at radius 3 is 2.83 bits per heavy atom. The zero-order valence-corrected chi connectivity index (χ0v) is 14.1. The van der Waals surface area contributed by atoms with E-state index in [0.717, 1.165) is 29.6 Å². The second-order valence-electron chi connectivity index (χ2n) is 5.85. The van der Waals surface area contributed by atoms with Gasteiger partial charge in [0.05, 0.1) is 19.8 Å². The lowest BCUT2D eigenvalue weighted by Crippen LogP contribution is -2.42. The second-order valence-corrected chi connectivity index (χ2v) is 5.85. The van der Waals surface area contributed by atoms with E-state index < -0.39 is 6.04 Å². The molecule has 2 aromatic rings. The summed E-state index contributed by atoms with van der Waals surface area (Å²) in [5.41, 5.74) is 2.10. The quantitative estimate of drug-likeness (QED) is 0.604. The van der Waals surface area contributed by atoms with Gasteiger partial charge in [-0.15, -0.1) is 6.58 Å². The van der Waals surface area contributed by atoms with E-state index in [1.165, 1.54) is 0 Å². The number of aromatic nitrogens is 1. The molecule has 1 saturated heterocycles. The highest BCUT2D eigenvalue weighted by molar-refractivity contribution is 5.90.